The van der Waals surface area contributed by atoms with E-state index in [0.717, 1.165) is 34.6 Å². The van der Waals surface area contributed by atoms with Gasteiger partial charge in [-0.25, -0.2) is 4.39 Å². The molecule has 1 atom stereocenters. The molecule has 1 aromatic carbocycles. The Morgan fingerprint density at radius 3 is 2.84 bits per heavy atom. The van der Waals surface area contributed by atoms with Crippen LogP contribution in [0.4, 0.5) is 4.39 Å². The lowest BCUT2D eigenvalue weighted by molar-refractivity contribution is 0.253. The first kappa shape index (κ1) is 12.7. The summed E-state index contributed by atoms with van der Waals surface area (Å²) in [5.74, 6) is 1.57. The summed E-state index contributed by atoms with van der Waals surface area (Å²) in [6, 6.07) is 4.97. The zero-order valence-corrected chi connectivity index (χ0v) is 11.5. The van der Waals surface area contributed by atoms with Crippen LogP contribution in [0.25, 0.3) is 11.0 Å². The van der Waals surface area contributed by atoms with Gasteiger partial charge in [-0.3, -0.25) is 0 Å². The molecule has 0 amide bonds. The Balaban J connectivity index is 1.95. The highest BCUT2D eigenvalue weighted by molar-refractivity contribution is 5.82. The van der Waals surface area contributed by atoms with Gasteiger partial charge in [0, 0.05) is 10.9 Å². The zero-order chi connectivity index (χ0) is 13.4. The fourth-order valence-corrected chi connectivity index (χ4v) is 2.96. The summed E-state index contributed by atoms with van der Waals surface area (Å²) >= 11 is 0. The molecule has 1 fully saturated rings. The maximum Gasteiger partial charge on any atom is 0.134 e. The molecular weight excluding hydrogens is 241 g/mol. The number of aryl methyl sites for hydroxylation is 1. The van der Waals surface area contributed by atoms with Crippen molar-refractivity contribution in [3.8, 4) is 0 Å². The second-order valence-corrected chi connectivity index (χ2v) is 5.61. The van der Waals surface area contributed by atoms with Gasteiger partial charge >= 0.3 is 0 Å². The van der Waals surface area contributed by atoms with Crippen LogP contribution in [-0.2, 0) is 0 Å². The molecule has 1 aromatic heterocycles. The van der Waals surface area contributed by atoms with Crippen molar-refractivity contribution >= 4 is 11.0 Å². The van der Waals surface area contributed by atoms with Crippen molar-refractivity contribution in [2.75, 3.05) is 7.05 Å². The van der Waals surface area contributed by atoms with E-state index in [-0.39, 0.29) is 11.9 Å². The number of benzene rings is 1. The van der Waals surface area contributed by atoms with Gasteiger partial charge in [0.05, 0.1) is 6.04 Å². The molecule has 1 saturated carbocycles. The van der Waals surface area contributed by atoms with E-state index in [1.54, 1.807) is 12.1 Å². The zero-order valence-electron chi connectivity index (χ0n) is 11.5. The minimum atomic E-state index is -0.206. The van der Waals surface area contributed by atoms with Crippen molar-refractivity contribution in [1.29, 1.82) is 0 Å². The van der Waals surface area contributed by atoms with Gasteiger partial charge < -0.3 is 9.73 Å². The van der Waals surface area contributed by atoms with E-state index in [1.807, 2.05) is 14.0 Å². The van der Waals surface area contributed by atoms with Crippen molar-refractivity contribution in [3.63, 3.8) is 0 Å². The van der Waals surface area contributed by atoms with Crippen LogP contribution in [0.2, 0.25) is 0 Å². The average Bonchev–Trinajstić information content (AvgIpc) is 2.66. The molecule has 2 nitrogen and oxygen atoms in total. The van der Waals surface area contributed by atoms with Crippen molar-refractivity contribution in [2.45, 2.75) is 38.6 Å². The Kier molecular flexibility index (Phi) is 3.31. The number of furan rings is 1. The molecule has 1 aliphatic carbocycles. The Morgan fingerprint density at radius 1 is 1.42 bits per heavy atom. The molecule has 0 radical (unpaired) electrons. The fraction of sp³-hybridized carbons (Fsp3) is 0.500. The van der Waals surface area contributed by atoms with Crippen molar-refractivity contribution in [3.05, 3.63) is 35.3 Å². The van der Waals surface area contributed by atoms with Crippen molar-refractivity contribution < 1.29 is 8.81 Å². The fourth-order valence-electron chi connectivity index (χ4n) is 2.96. The van der Waals surface area contributed by atoms with Gasteiger partial charge in [0.1, 0.15) is 17.2 Å². The van der Waals surface area contributed by atoms with Crippen LogP contribution in [0, 0.1) is 18.7 Å². The first-order valence-electron chi connectivity index (χ1n) is 7.05. The highest BCUT2D eigenvalue weighted by Gasteiger charge is 2.26. The maximum absolute atomic E-state index is 13.3. The van der Waals surface area contributed by atoms with Crippen LogP contribution in [0.5, 0.6) is 0 Å². The summed E-state index contributed by atoms with van der Waals surface area (Å²) in [6.07, 6.45) is 5.11. The Bertz CT molecular complexity index is 586. The van der Waals surface area contributed by atoms with Gasteiger partial charge in [0.25, 0.3) is 0 Å². The number of hydrogen-bond acceptors (Lipinski definition) is 2. The largest absolute Gasteiger partial charge is 0.459 e. The topological polar surface area (TPSA) is 25.2 Å². The third-order valence-electron chi connectivity index (χ3n) is 4.39. The van der Waals surface area contributed by atoms with Gasteiger partial charge in [-0.2, -0.15) is 0 Å². The van der Waals surface area contributed by atoms with Crippen LogP contribution in [-0.4, -0.2) is 7.05 Å². The van der Waals surface area contributed by atoms with E-state index in [2.05, 4.69) is 5.32 Å². The lowest BCUT2D eigenvalue weighted by atomic mass is 9.80. The second-order valence-electron chi connectivity index (χ2n) is 5.61. The molecule has 19 heavy (non-hydrogen) atoms. The summed E-state index contributed by atoms with van der Waals surface area (Å²) in [5.41, 5.74) is 1.84. The van der Waals surface area contributed by atoms with E-state index < -0.39 is 0 Å². The molecule has 1 heterocycles. The lowest BCUT2D eigenvalue weighted by Crippen LogP contribution is -2.23. The summed E-state index contributed by atoms with van der Waals surface area (Å²) < 4.78 is 19.3. The molecule has 0 bridgehead atoms. The molecule has 0 spiro atoms. The third kappa shape index (κ3) is 2.27. The van der Waals surface area contributed by atoms with Crippen molar-refractivity contribution in [2.24, 2.45) is 5.92 Å². The predicted molar refractivity (Wildman–Crippen MR) is 74.7 cm³/mol. The minimum absolute atomic E-state index is 0.206. The molecule has 102 valence electrons. The number of rotatable bonds is 4. The molecule has 3 rings (SSSR count). The summed E-state index contributed by atoms with van der Waals surface area (Å²) in [7, 11) is 1.97. The quantitative estimate of drug-likeness (QED) is 0.886. The van der Waals surface area contributed by atoms with E-state index in [4.69, 9.17) is 4.42 Å². The molecule has 1 aliphatic rings. The van der Waals surface area contributed by atoms with E-state index >= 15 is 0 Å². The highest BCUT2D eigenvalue weighted by atomic mass is 19.1. The molecule has 3 heteroatoms. The summed E-state index contributed by atoms with van der Waals surface area (Å²) in [6.45, 7) is 2.02. The Morgan fingerprint density at radius 2 is 2.21 bits per heavy atom. The van der Waals surface area contributed by atoms with Gasteiger partial charge in [-0.15, -0.1) is 0 Å². The smallest absolute Gasteiger partial charge is 0.134 e. The molecule has 1 unspecified atom stereocenters. The first-order chi connectivity index (χ1) is 9.19. The van der Waals surface area contributed by atoms with Crippen LogP contribution in [0.3, 0.4) is 0 Å². The number of nitrogens with one attached hydrogen (secondary N) is 1. The molecule has 0 aliphatic heterocycles. The second kappa shape index (κ2) is 4.97. The van der Waals surface area contributed by atoms with E-state index in [1.165, 1.54) is 25.3 Å². The van der Waals surface area contributed by atoms with E-state index in [9.17, 15) is 4.39 Å². The predicted octanol–water partition coefficient (Wildman–Crippen LogP) is 4.33. The third-order valence-corrected chi connectivity index (χ3v) is 4.39. The molecule has 1 N–H and O–H groups in total. The van der Waals surface area contributed by atoms with Gasteiger partial charge in [0.2, 0.25) is 0 Å². The Labute approximate surface area is 113 Å². The molecule has 0 saturated heterocycles. The summed E-state index contributed by atoms with van der Waals surface area (Å²) in [4.78, 5) is 0. The number of hydrogen-bond donors (Lipinski definition) is 1. The highest BCUT2D eigenvalue weighted by Crippen LogP contribution is 2.37. The maximum atomic E-state index is 13.3. The van der Waals surface area contributed by atoms with Gasteiger partial charge in [-0.05, 0) is 44.5 Å². The number of fused-ring (bicyclic) bond motifs is 1. The lowest BCUT2D eigenvalue weighted by Gasteiger charge is -2.29. The van der Waals surface area contributed by atoms with Gasteiger partial charge in [-0.1, -0.05) is 19.3 Å². The standard InChI is InChI=1S/C16H20FNO/c1-10-13-9-12(17)6-7-15(13)19-16(10)14(18-2)8-11-4-3-5-11/h6-7,9,11,14,18H,3-5,8H2,1-2H3. The summed E-state index contributed by atoms with van der Waals surface area (Å²) in [5, 5.41) is 4.24. The van der Waals surface area contributed by atoms with Crippen LogP contribution >= 0.6 is 0 Å². The normalized spacial score (nSPS) is 17.6. The van der Waals surface area contributed by atoms with Crippen LogP contribution < -0.4 is 5.32 Å². The SMILES string of the molecule is CNC(CC1CCC1)c1oc2ccc(F)cc2c1C. The Hall–Kier alpha value is -1.35. The molecule has 2 aromatic rings. The first-order valence-corrected chi connectivity index (χ1v) is 7.05. The monoisotopic (exact) mass is 261 g/mol. The molecular formula is C16H20FNO. The van der Waals surface area contributed by atoms with Gasteiger partial charge in [0.15, 0.2) is 0 Å². The van der Waals surface area contributed by atoms with E-state index in [0.29, 0.717) is 0 Å². The van der Waals surface area contributed by atoms with Crippen LogP contribution in [0.15, 0.2) is 22.6 Å². The van der Waals surface area contributed by atoms with Crippen LogP contribution in [0.1, 0.15) is 43.0 Å². The minimum Gasteiger partial charge on any atom is -0.459 e. The number of halogens is 1. The average molecular weight is 261 g/mol. The van der Waals surface area contributed by atoms with Crippen molar-refractivity contribution in [1.82, 2.24) is 5.32 Å².